The molecule has 8 heteroatoms. The fraction of sp³-hybridized carbons (Fsp3) is 0.0588. The summed E-state index contributed by atoms with van der Waals surface area (Å²) in [5.41, 5.74) is 2.11. The van der Waals surface area contributed by atoms with E-state index in [1.54, 1.807) is 31.5 Å². The molecular formula is C17H16N4O3S. The zero-order valence-electron chi connectivity index (χ0n) is 13.4. The lowest BCUT2D eigenvalue weighted by molar-refractivity contribution is 0.415. The lowest BCUT2D eigenvalue weighted by atomic mass is 10.1. The van der Waals surface area contributed by atoms with Crippen LogP contribution in [-0.2, 0) is 10.0 Å². The van der Waals surface area contributed by atoms with E-state index in [0.717, 1.165) is 11.3 Å². The normalized spacial score (nSPS) is 11.1. The van der Waals surface area contributed by atoms with Crippen molar-refractivity contribution in [3.05, 3.63) is 60.8 Å². The highest BCUT2D eigenvalue weighted by Gasteiger charge is 2.09. The largest absolute Gasteiger partial charge is 0.497 e. The van der Waals surface area contributed by atoms with Crippen LogP contribution in [0.2, 0.25) is 0 Å². The molecule has 3 rings (SSSR count). The van der Waals surface area contributed by atoms with Gasteiger partial charge < -0.3 is 10.1 Å². The van der Waals surface area contributed by atoms with Crippen LogP contribution in [0.25, 0.3) is 11.3 Å². The summed E-state index contributed by atoms with van der Waals surface area (Å²) in [6, 6.07) is 15.4. The van der Waals surface area contributed by atoms with Crippen LogP contribution in [0.1, 0.15) is 0 Å². The molecule has 0 bridgehead atoms. The third kappa shape index (κ3) is 4.11. The maximum atomic E-state index is 11.4. The summed E-state index contributed by atoms with van der Waals surface area (Å²) in [6.07, 6.45) is 1.62. The Bertz CT molecular complexity index is 1010. The van der Waals surface area contributed by atoms with Gasteiger partial charge in [-0.25, -0.2) is 23.5 Å². The third-order valence-electron chi connectivity index (χ3n) is 3.44. The quantitative estimate of drug-likeness (QED) is 0.727. The zero-order chi connectivity index (χ0) is 17.9. The number of sulfonamides is 1. The Balaban J connectivity index is 1.90. The van der Waals surface area contributed by atoms with Gasteiger partial charge in [-0.05, 0) is 36.4 Å². The van der Waals surface area contributed by atoms with Crippen LogP contribution >= 0.6 is 0 Å². The summed E-state index contributed by atoms with van der Waals surface area (Å²) >= 11 is 0. The standard InChI is InChI=1S/C17H16N4O3S/c1-24-14-6-2-4-12(10-14)16-8-9-19-17(21-16)20-13-5-3-7-15(11-13)25(18,22)23/h2-11H,1H3,(H2,18,22,23)(H,19,20,21). The number of methoxy groups -OCH3 is 1. The molecule has 0 unspecified atom stereocenters. The van der Waals surface area contributed by atoms with E-state index in [1.807, 2.05) is 24.3 Å². The van der Waals surface area contributed by atoms with E-state index in [4.69, 9.17) is 9.88 Å². The molecule has 1 aromatic heterocycles. The van der Waals surface area contributed by atoms with Crippen molar-refractivity contribution < 1.29 is 13.2 Å². The second kappa shape index (κ2) is 6.88. The first-order valence-corrected chi connectivity index (χ1v) is 8.88. The van der Waals surface area contributed by atoms with E-state index in [0.29, 0.717) is 17.3 Å². The van der Waals surface area contributed by atoms with E-state index in [1.165, 1.54) is 12.1 Å². The monoisotopic (exact) mass is 356 g/mol. The van der Waals surface area contributed by atoms with Crippen molar-refractivity contribution in [3.63, 3.8) is 0 Å². The minimum atomic E-state index is -3.77. The Labute approximate surface area is 145 Å². The topological polar surface area (TPSA) is 107 Å². The van der Waals surface area contributed by atoms with Crippen LogP contribution in [0.4, 0.5) is 11.6 Å². The van der Waals surface area contributed by atoms with Gasteiger partial charge in [0.25, 0.3) is 0 Å². The summed E-state index contributed by atoms with van der Waals surface area (Å²) in [5.74, 6) is 1.07. The van der Waals surface area contributed by atoms with Crippen molar-refractivity contribution in [3.8, 4) is 17.0 Å². The van der Waals surface area contributed by atoms with E-state index < -0.39 is 10.0 Å². The number of ether oxygens (including phenoxy) is 1. The molecule has 0 aliphatic rings. The zero-order valence-corrected chi connectivity index (χ0v) is 14.2. The molecule has 0 saturated heterocycles. The molecule has 128 valence electrons. The van der Waals surface area contributed by atoms with Crippen molar-refractivity contribution in [1.29, 1.82) is 0 Å². The molecule has 0 fully saturated rings. The van der Waals surface area contributed by atoms with Crippen LogP contribution in [-0.4, -0.2) is 25.5 Å². The summed E-state index contributed by atoms with van der Waals surface area (Å²) in [6.45, 7) is 0. The Kier molecular flexibility index (Phi) is 4.64. The summed E-state index contributed by atoms with van der Waals surface area (Å²) in [4.78, 5) is 8.62. The predicted octanol–water partition coefficient (Wildman–Crippen LogP) is 2.54. The number of benzene rings is 2. The van der Waals surface area contributed by atoms with Crippen LogP contribution in [0.15, 0.2) is 65.7 Å². The molecule has 0 atom stereocenters. The van der Waals surface area contributed by atoms with Crippen molar-refractivity contribution in [1.82, 2.24) is 9.97 Å². The first-order chi connectivity index (χ1) is 12.0. The maximum Gasteiger partial charge on any atom is 0.238 e. The Morgan fingerprint density at radius 3 is 2.64 bits per heavy atom. The highest BCUT2D eigenvalue weighted by Crippen LogP contribution is 2.23. The van der Waals surface area contributed by atoms with Gasteiger partial charge in [-0.2, -0.15) is 0 Å². The van der Waals surface area contributed by atoms with Gasteiger partial charge in [0.15, 0.2) is 0 Å². The lowest BCUT2D eigenvalue weighted by Crippen LogP contribution is -2.12. The molecule has 0 aliphatic carbocycles. The molecule has 25 heavy (non-hydrogen) atoms. The van der Waals surface area contributed by atoms with Gasteiger partial charge in [-0.3, -0.25) is 0 Å². The van der Waals surface area contributed by atoms with E-state index in [-0.39, 0.29) is 4.90 Å². The number of rotatable bonds is 5. The molecule has 2 aromatic carbocycles. The minimum Gasteiger partial charge on any atom is -0.497 e. The van der Waals surface area contributed by atoms with Gasteiger partial charge in [-0.1, -0.05) is 18.2 Å². The Hall–Kier alpha value is -2.97. The number of anilines is 2. The van der Waals surface area contributed by atoms with Gasteiger partial charge in [0.05, 0.1) is 17.7 Å². The van der Waals surface area contributed by atoms with Gasteiger partial charge in [-0.15, -0.1) is 0 Å². The number of nitrogens with two attached hydrogens (primary N) is 1. The number of aromatic nitrogens is 2. The number of nitrogens with one attached hydrogen (secondary N) is 1. The minimum absolute atomic E-state index is 0.0152. The highest BCUT2D eigenvalue weighted by molar-refractivity contribution is 7.89. The molecule has 0 saturated carbocycles. The van der Waals surface area contributed by atoms with Crippen molar-refractivity contribution in [2.45, 2.75) is 4.90 Å². The van der Waals surface area contributed by atoms with Gasteiger partial charge in [0, 0.05) is 17.4 Å². The molecular weight excluding hydrogens is 340 g/mol. The fourth-order valence-corrected chi connectivity index (χ4v) is 2.80. The van der Waals surface area contributed by atoms with Gasteiger partial charge in [0.2, 0.25) is 16.0 Å². The second-order valence-corrected chi connectivity index (χ2v) is 6.76. The van der Waals surface area contributed by atoms with E-state index in [9.17, 15) is 8.42 Å². The van der Waals surface area contributed by atoms with Crippen molar-refractivity contribution in [2.75, 3.05) is 12.4 Å². The molecule has 0 spiro atoms. The first-order valence-electron chi connectivity index (χ1n) is 7.33. The van der Waals surface area contributed by atoms with Gasteiger partial charge >= 0.3 is 0 Å². The molecule has 7 nitrogen and oxygen atoms in total. The van der Waals surface area contributed by atoms with Crippen LogP contribution in [0, 0.1) is 0 Å². The van der Waals surface area contributed by atoms with Crippen molar-refractivity contribution >= 4 is 21.7 Å². The molecule has 0 amide bonds. The number of primary sulfonamides is 1. The fourth-order valence-electron chi connectivity index (χ4n) is 2.24. The predicted molar refractivity (Wildman–Crippen MR) is 95.1 cm³/mol. The molecule has 3 aromatic rings. The molecule has 0 aliphatic heterocycles. The first kappa shape index (κ1) is 16.9. The average molecular weight is 356 g/mol. The Morgan fingerprint density at radius 1 is 1.08 bits per heavy atom. The van der Waals surface area contributed by atoms with Crippen LogP contribution in [0.3, 0.4) is 0 Å². The maximum absolute atomic E-state index is 11.4. The SMILES string of the molecule is COc1cccc(-c2ccnc(Nc3cccc(S(N)(=O)=O)c3)n2)c1. The van der Waals surface area contributed by atoms with Crippen LogP contribution < -0.4 is 15.2 Å². The van der Waals surface area contributed by atoms with Crippen LogP contribution in [0.5, 0.6) is 5.75 Å². The number of nitrogens with zero attached hydrogens (tertiary/aromatic N) is 2. The molecule has 3 N–H and O–H groups in total. The molecule has 0 radical (unpaired) electrons. The second-order valence-electron chi connectivity index (χ2n) is 5.20. The van der Waals surface area contributed by atoms with E-state index in [2.05, 4.69) is 15.3 Å². The third-order valence-corrected chi connectivity index (χ3v) is 4.35. The molecule has 1 heterocycles. The smallest absolute Gasteiger partial charge is 0.238 e. The highest BCUT2D eigenvalue weighted by atomic mass is 32.2. The average Bonchev–Trinajstić information content (AvgIpc) is 2.61. The summed E-state index contributed by atoms with van der Waals surface area (Å²) in [5, 5.41) is 8.13. The summed E-state index contributed by atoms with van der Waals surface area (Å²) in [7, 11) is -2.17. The number of hydrogen-bond donors (Lipinski definition) is 2. The van der Waals surface area contributed by atoms with Crippen molar-refractivity contribution in [2.24, 2.45) is 5.14 Å². The van der Waals surface area contributed by atoms with Gasteiger partial charge in [0.1, 0.15) is 5.75 Å². The lowest BCUT2D eigenvalue weighted by Gasteiger charge is -2.08. The Morgan fingerprint density at radius 2 is 1.88 bits per heavy atom. The number of hydrogen-bond acceptors (Lipinski definition) is 6. The van der Waals surface area contributed by atoms with E-state index >= 15 is 0 Å². The summed E-state index contributed by atoms with van der Waals surface area (Å²) < 4.78 is 28.1.